The summed E-state index contributed by atoms with van der Waals surface area (Å²) in [6.07, 6.45) is 2.40. The molecule has 1 amide bonds. The summed E-state index contributed by atoms with van der Waals surface area (Å²) in [6, 6.07) is 8.00. The highest BCUT2D eigenvalue weighted by molar-refractivity contribution is 7.12. The lowest BCUT2D eigenvalue weighted by molar-refractivity contribution is -0.143. The van der Waals surface area contributed by atoms with Gasteiger partial charge in [-0.05, 0) is 35.7 Å². The minimum Gasteiger partial charge on any atom is -0.469 e. The molecule has 2 aromatic rings. The first-order chi connectivity index (χ1) is 14.0. The lowest BCUT2D eigenvalue weighted by Gasteiger charge is -2.32. The molecule has 0 radical (unpaired) electrons. The highest BCUT2D eigenvalue weighted by Crippen LogP contribution is 2.36. The number of amides is 1. The molecule has 156 valence electrons. The van der Waals surface area contributed by atoms with Crippen molar-refractivity contribution >= 4 is 40.3 Å². The predicted molar refractivity (Wildman–Crippen MR) is 117 cm³/mol. The Bertz CT molecular complexity index is 843. The Morgan fingerprint density at radius 3 is 2.55 bits per heavy atom. The Morgan fingerprint density at radius 1 is 1.24 bits per heavy atom. The molecular weight excluding hydrogens is 406 g/mol. The van der Waals surface area contributed by atoms with Crippen molar-refractivity contribution < 1.29 is 14.3 Å². The van der Waals surface area contributed by atoms with Gasteiger partial charge in [0.25, 0.3) is 5.91 Å². The molecule has 29 heavy (non-hydrogen) atoms. The first-order valence-corrected chi connectivity index (χ1v) is 11.6. The van der Waals surface area contributed by atoms with Crippen LogP contribution in [0.15, 0.2) is 40.1 Å². The van der Waals surface area contributed by atoms with E-state index in [1.165, 1.54) is 7.11 Å². The number of carbonyl (C=O) groups is 2. The molecule has 0 bridgehead atoms. The Balaban J connectivity index is 1.76. The van der Waals surface area contributed by atoms with Crippen LogP contribution in [0, 0.1) is 0 Å². The van der Waals surface area contributed by atoms with Crippen LogP contribution in [0.4, 0.5) is 0 Å². The standard InChI is InChI=1S/C21H27N3O3S2/c1-4-21(5-2,13-20(26)27-3)22-14-19(25)24-16(18-9-7-11-29-18)12-15(23-24)17-8-6-10-28-17/h6-11,16,22H,4-5,12-14H2,1-3H3/t16-/m1/s1. The van der Waals surface area contributed by atoms with Crippen LogP contribution in [0.5, 0.6) is 0 Å². The molecule has 6 nitrogen and oxygen atoms in total. The van der Waals surface area contributed by atoms with Crippen LogP contribution in [0.3, 0.4) is 0 Å². The summed E-state index contributed by atoms with van der Waals surface area (Å²) < 4.78 is 4.84. The molecule has 3 rings (SSSR count). The van der Waals surface area contributed by atoms with E-state index in [-0.39, 0.29) is 30.9 Å². The average molecular weight is 434 g/mol. The first kappa shape index (κ1) is 21.7. The van der Waals surface area contributed by atoms with Gasteiger partial charge in [-0.2, -0.15) is 5.10 Å². The van der Waals surface area contributed by atoms with Crippen molar-refractivity contribution in [2.45, 2.75) is 51.1 Å². The van der Waals surface area contributed by atoms with Crippen LogP contribution >= 0.6 is 22.7 Å². The molecular formula is C21H27N3O3S2. The van der Waals surface area contributed by atoms with E-state index in [0.29, 0.717) is 6.42 Å². The van der Waals surface area contributed by atoms with Gasteiger partial charge < -0.3 is 10.1 Å². The van der Waals surface area contributed by atoms with Crippen molar-refractivity contribution in [1.82, 2.24) is 10.3 Å². The summed E-state index contributed by atoms with van der Waals surface area (Å²) in [5, 5.41) is 13.7. The molecule has 0 aliphatic carbocycles. The molecule has 2 aromatic heterocycles. The molecule has 0 saturated carbocycles. The van der Waals surface area contributed by atoms with Gasteiger partial charge in [0.15, 0.2) is 0 Å². The molecule has 1 aliphatic heterocycles. The fourth-order valence-corrected chi connectivity index (χ4v) is 5.07. The van der Waals surface area contributed by atoms with Gasteiger partial charge >= 0.3 is 5.97 Å². The number of rotatable bonds is 9. The lowest BCUT2D eigenvalue weighted by Crippen LogP contribution is -2.50. The summed E-state index contributed by atoms with van der Waals surface area (Å²) in [6.45, 7) is 4.16. The molecule has 0 saturated heterocycles. The zero-order valence-corrected chi connectivity index (χ0v) is 18.6. The number of hydrogen-bond acceptors (Lipinski definition) is 7. The maximum Gasteiger partial charge on any atom is 0.307 e. The third kappa shape index (κ3) is 4.94. The molecule has 0 fully saturated rings. The molecule has 1 aliphatic rings. The molecule has 0 aromatic carbocycles. The van der Waals surface area contributed by atoms with Crippen LogP contribution in [0.2, 0.25) is 0 Å². The summed E-state index contributed by atoms with van der Waals surface area (Å²) in [5.74, 6) is -0.365. The van der Waals surface area contributed by atoms with E-state index in [9.17, 15) is 9.59 Å². The minimum absolute atomic E-state index is 0.0836. The van der Waals surface area contributed by atoms with E-state index in [0.717, 1.165) is 28.3 Å². The van der Waals surface area contributed by atoms with Gasteiger partial charge in [0.1, 0.15) is 0 Å². The number of hydrogen-bond donors (Lipinski definition) is 1. The van der Waals surface area contributed by atoms with Crippen LogP contribution in [-0.2, 0) is 14.3 Å². The topological polar surface area (TPSA) is 71.0 Å². The van der Waals surface area contributed by atoms with Gasteiger partial charge in [0.05, 0.1) is 36.7 Å². The summed E-state index contributed by atoms with van der Waals surface area (Å²) in [5.41, 5.74) is 0.486. The van der Waals surface area contributed by atoms with Gasteiger partial charge in [-0.3, -0.25) is 9.59 Å². The number of nitrogens with zero attached hydrogens (tertiary/aromatic N) is 2. The average Bonchev–Trinajstić information content (AvgIpc) is 3.50. The summed E-state index contributed by atoms with van der Waals surface area (Å²) in [4.78, 5) is 27.2. The second kappa shape index (κ2) is 9.65. The monoisotopic (exact) mass is 433 g/mol. The van der Waals surface area contributed by atoms with Crippen LogP contribution in [0.1, 0.15) is 55.3 Å². The fourth-order valence-electron chi connectivity index (χ4n) is 3.54. The van der Waals surface area contributed by atoms with E-state index in [2.05, 4.69) is 16.5 Å². The first-order valence-electron chi connectivity index (χ1n) is 9.80. The van der Waals surface area contributed by atoms with E-state index in [4.69, 9.17) is 4.74 Å². The van der Waals surface area contributed by atoms with Crippen LogP contribution in [-0.4, -0.2) is 41.8 Å². The van der Waals surface area contributed by atoms with E-state index < -0.39 is 5.54 Å². The number of ether oxygens (including phenoxy) is 1. The van der Waals surface area contributed by atoms with Gasteiger partial charge in [0, 0.05) is 16.8 Å². The SMILES string of the molecule is CCC(CC)(CC(=O)OC)NCC(=O)N1N=C(c2cccs2)C[C@@H]1c1cccs1. The van der Waals surface area contributed by atoms with Gasteiger partial charge in [-0.1, -0.05) is 26.0 Å². The second-order valence-electron chi connectivity index (χ2n) is 7.09. The summed E-state index contributed by atoms with van der Waals surface area (Å²) in [7, 11) is 1.39. The van der Waals surface area contributed by atoms with E-state index in [1.54, 1.807) is 27.7 Å². The minimum atomic E-state index is -0.457. The van der Waals surface area contributed by atoms with E-state index >= 15 is 0 Å². The normalized spacial score (nSPS) is 16.7. The van der Waals surface area contributed by atoms with Gasteiger partial charge in [-0.15, -0.1) is 22.7 Å². The number of carbonyl (C=O) groups excluding carboxylic acids is 2. The van der Waals surface area contributed by atoms with Crippen molar-refractivity contribution in [2.24, 2.45) is 5.10 Å². The lowest BCUT2D eigenvalue weighted by atomic mass is 9.89. The highest BCUT2D eigenvalue weighted by Gasteiger charge is 2.36. The predicted octanol–water partition coefficient (Wildman–Crippen LogP) is 4.20. The van der Waals surface area contributed by atoms with E-state index in [1.807, 2.05) is 42.8 Å². The van der Waals surface area contributed by atoms with Crippen molar-refractivity contribution in [2.75, 3.05) is 13.7 Å². The highest BCUT2D eigenvalue weighted by atomic mass is 32.1. The maximum absolute atomic E-state index is 13.1. The molecule has 8 heteroatoms. The summed E-state index contributed by atoms with van der Waals surface area (Å²) >= 11 is 3.27. The van der Waals surface area contributed by atoms with Crippen molar-refractivity contribution in [1.29, 1.82) is 0 Å². The van der Waals surface area contributed by atoms with Crippen LogP contribution < -0.4 is 5.32 Å². The molecule has 0 unspecified atom stereocenters. The molecule has 1 atom stereocenters. The number of hydrazone groups is 1. The smallest absolute Gasteiger partial charge is 0.307 e. The molecule has 0 spiro atoms. The number of esters is 1. The van der Waals surface area contributed by atoms with Crippen molar-refractivity contribution in [3.8, 4) is 0 Å². The third-order valence-corrected chi connectivity index (χ3v) is 7.41. The largest absolute Gasteiger partial charge is 0.469 e. The zero-order valence-electron chi connectivity index (χ0n) is 17.0. The number of thiophene rings is 2. The number of nitrogens with one attached hydrogen (secondary N) is 1. The van der Waals surface area contributed by atoms with Gasteiger partial charge in [-0.25, -0.2) is 5.01 Å². The molecule has 3 heterocycles. The zero-order chi connectivity index (χ0) is 20.9. The Kier molecular flexibility index (Phi) is 7.21. The Morgan fingerprint density at radius 2 is 1.97 bits per heavy atom. The fraction of sp³-hybridized carbons (Fsp3) is 0.476. The number of methoxy groups -OCH3 is 1. The van der Waals surface area contributed by atoms with Crippen molar-refractivity contribution in [3.63, 3.8) is 0 Å². The Hall–Kier alpha value is -2.03. The Labute approximate surface area is 179 Å². The third-order valence-electron chi connectivity index (χ3n) is 5.52. The van der Waals surface area contributed by atoms with Gasteiger partial charge in [0.2, 0.25) is 0 Å². The molecule has 1 N–H and O–H groups in total. The van der Waals surface area contributed by atoms with Crippen LogP contribution in [0.25, 0.3) is 0 Å². The van der Waals surface area contributed by atoms with Crippen molar-refractivity contribution in [3.05, 3.63) is 44.8 Å². The second-order valence-corrected chi connectivity index (χ2v) is 9.02. The maximum atomic E-state index is 13.1. The quantitative estimate of drug-likeness (QED) is 0.602.